The minimum atomic E-state index is -4.74. The predicted molar refractivity (Wildman–Crippen MR) is 50.0 cm³/mol. The Bertz CT molecular complexity index is 439. The molecule has 1 aromatic heterocycles. The lowest BCUT2D eigenvalue weighted by molar-refractivity contribution is -0.207. The fraction of sp³-hybridized carbons (Fsp3) is 0.556. The van der Waals surface area contributed by atoms with Crippen LogP contribution in [0.5, 0.6) is 0 Å². The minimum absolute atomic E-state index is 0.275. The minimum Gasteiger partial charge on any atom is -0.382 e. The summed E-state index contributed by atoms with van der Waals surface area (Å²) >= 11 is 0. The SMILES string of the molecule is Cc1ncn(CC(O)C(F)(F)F)c(=O)c1C. The molecule has 0 saturated heterocycles. The van der Waals surface area contributed by atoms with Crippen molar-refractivity contribution in [1.29, 1.82) is 0 Å². The zero-order chi connectivity index (χ0) is 12.5. The van der Waals surface area contributed by atoms with Gasteiger partial charge in [-0.2, -0.15) is 13.2 Å². The Kier molecular flexibility index (Phi) is 3.37. The summed E-state index contributed by atoms with van der Waals surface area (Å²) in [5.41, 5.74) is 0.162. The maximum Gasteiger partial charge on any atom is 0.416 e. The fourth-order valence-corrected chi connectivity index (χ4v) is 1.10. The molecule has 1 rings (SSSR count). The number of alkyl halides is 3. The number of rotatable bonds is 2. The first-order chi connectivity index (χ1) is 7.23. The van der Waals surface area contributed by atoms with Crippen molar-refractivity contribution in [2.24, 2.45) is 0 Å². The number of hydrogen-bond acceptors (Lipinski definition) is 3. The summed E-state index contributed by atoms with van der Waals surface area (Å²) in [6, 6.07) is 0. The van der Waals surface area contributed by atoms with Crippen molar-refractivity contribution in [1.82, 2.24) is 9.55 Å². The highest BCUT2D eigenvalue weighted by molar-refractivity contribution is 5.12. The molecule has 0 bridgehead atoms. The molecule has 7 heteroatoms. The molecule has 90 valence electrons. The van der Waals surface area contributed by atoms with Crippen LogP contribution in [0.2, 0.25) is 0 Å². The number of aryl methyl sites for hydroxylation is 1. The van der Waals surface area contributed by atoms with Crippen LogP contribution in [0.1, 0.15) is 11.3 Å². The van der Waals surface area contributed by atoms with E-state index in [1.807, 2.05) is 0 Å². The van der Waals surface area contributed by atoms with E-state index in [1.54, 1.807) is 6.92 Å². The third-order valence-electron chi connectivity index (χ3n) is 2.26. The maximum absolute atomic E-state index is 12.1. The topological polar surface area (TPSA) is 55.1 Å². The summed E-state index contributed by atoms with van der Waals surface area (Å²) in [6.07, 6.45) is -6.30. The molecule has 1 unspecified atom stereocenters. The highest BCUT2D eigenvalue weighted by atomic mass is 19.4. The zero-order valence-corrected chi connectivity index (χ0v) is 8.75. The van der Waals surface area contributed by atoms with Gasteiger partial charge in [-0.1, -0.05) is 0 Å². The molecule has 16 heavy (non-hydrogen) atoms. The summed E-state index contributed by atoms with van der Waals surface area (Å²) in [5.74, 6) is 0. The van der Waals surface area contributed by atoms with Gasteiger partial charge in [0.25, 0.3) is 5.56 Å². The molecular formula is C9H11F3N2O2. The molecule has 0 radical (unpaired) electrons. The van der Waals surface area contributed by atoms with Crippen molar-refractivity contribution < 1.29 is 18.3 Å². The van der Waals surface area contributed by atoms with E-state index in [9.17, 15) is 18.0 Å². The van der Waals surface area contributed by atoms with Crippen molar-refractivity contribution in [3.8, 4) is 0 Å². The van der Waals surface area contributed by atoms with Crippen LogP contribution < -0.4 is 5.56 Å². The molecule has 0 aliphatic rings. The lowest BCUT2D eigenvalue weighted by Crippen LogP contribution is -2.37. The third kappa shape index (κ3) is 2.60. The van der Waals surface area contributed by atoms with Crippen molar-refractivity contribution in [2.75, 3.05) is 0 Å². The number of hydrogen-bond donors (Lipinski definition) is 1. The quantitative estimate of drug-likeness (QED) is 0.825. The summed E-state index contributed by atoms with van der Waals surface area (Å²) in [5, 5.41) is 8.81. The third-order valence-corrected chi connectivity index (χ3v) is 2.26. The second-order valence-corrected chi connectivity index (χ2v) is 3.47. The van der Waals surface area contributed by atoms with Gasteiger partial charge in [-0.3, -0.25) is 9.36 Å². The van der Waals surface area contributed by atoms with E-state index in [1.165, 1.54) is 6.92 Å². The Morgan fingerprint density at radius 2 is 2.06 bits per heavy atom. The van der Waals surface area contributed by atoms with E-state index in [4.69, 9.17) is 5.11 Å². The van der Waals surface area contributed by atoms with Crippen molar-refractivity contribution >= 4 is 0 Å². The highest BCUT2D eigenvalue weighted by Gasteiger charge is 2.38. The lowest BCUT2D eigenvalue weighted by atomic mass is 10.2. The van der Waals surface area contributed by atoms with Gasteiger partial charge in [0, 0.05) is 11.3 Å². The highest BCUT2D eigenvalue weighted by Crippen LogP contribution is 2.20. The molecule has 1 heterocycles. The molecule has 0 fully saturated rings. The largest absolute Gasteiger partial charge is 0.416 e. The molecule has 4 nitrogen and oxygen atoms in total. The molecule has 1 aromatic rings. The van der Waals surface area contributed by atoms with Gasteiger partial charge in [0.1, 0.15) is 0 Å². The van der Waals surface area contributed by atoms with Gasteiger partial charge in [-0.15, -0.1) is 0 Å². The predicted octanol–water partition coefficient (Wildman–Crippen LogP) is 0.783. The molecule has 0 aliphatic heterocycles. The maximum atomic E-state index is 12.1. The second kappa shape index (κ2) is 4.25. The molecular weight excluding hydrogens is 225 g/mol. The Balaban J connectivity index is 3.00. The first-order valence-corrected chi connectivity index (χ1v) is 4.51. The number of halogens is 3. The van der Waals surface area contributed by atoms with Crippen LogP contribution >= 0.6 is 0 Å². The van der Waals surface area contributed by atoms with Crippen LogP contribution in [-0.2, 0) is 6.54 Å². The first kappa shape index (κ1) is 12.7. The fourth-order valence-electron chi connectivity index (χ4n) is 1.10. The lowest BCUT2D eigenvalue weighted by Gasteiger charge is -2.15. The Labute approximate surface area is 89.4 Å². The van der Waals surface area contributed by atoms with Gasteiger partial charge in [0.15, 0.2) is 6.10 Å². The van der Waals surface area contributed by atoms with Crippen LogP contribution in [0.3, 0.4) is 0 Å². The van der Waals surface area contributed by atoms with Gasteiger partial charge in [-0.25, -0.2) is 4.98 Å². The monoisotopic (exact) mass is 236 g/mol. The van der Waals surface area contributed by atoms with Gasteiger partial charge in [0.2, 0.25) is 0 Å². The number of aliphatic hydroxyl groups excluding tert-OH is 1. The second-order valence-electron chi connectivity index (χ2n) is 3.47. The Morgan fingerprint density at radius 1 is 1.50 bits per heavy atom. The van der Waals surface area contributed by atoms with Gasteiger partial charge < -0.3 is 5.11 Å². The van der Waals surface area contributed by atoms with Gasteiger partial charge in [0.05, 0.1) is 12.9 Å². The van der Waals surface area contributed by atoms with Crippen molar-refractivity contribution in [3.63, 3.8) is 0 Å². The Morgan fingerprint density at radius 3 is 2.56 bits per heavy atom. The zero-order valence-electron chi connectivity index (χ0n) is 8.75. The van der Waals surface area contributed by atoms with Crippen molar-refractivity contribution in [2.45, 2.75) is 32.7 Å². The average Bonchev–Trinajstić information content (AvgIpc) is 2.17. The molecule has 1 N–H and O–H groups in total. The normalized spacial score (nSPS) is 13.9. The van der Waals surface area contributed by atoms with Crippen LogP contribution in [0, 0.1) is 13.8 Å². The van der Waals surface area contributed by atoms with E-state index in [0.29, 0.717) is 5.69 Å². The van der Waals surface area contributed by atoms with Crippen LogP contribution in [0.4, 0.5) is 13.2 Å². The molecule has 0 spiro atoms. The van der Waals surface area contributed by atoms with E-state index in [2.05, 4.69) is 4.98 Å². The molecule has 0 aliphatic carbocycles. The standard InChI is InChI=1S/C9H11F3N2O2/c1-5-6(2)13-4-14(8(5)16)3-7(15)9(10,11)12/h4,7,15H,3H2,1-2H3. The number of nitrogens with zero attached hydrogens (tertiary/aromatic N) is 2. The van der Waals surface area contributed by atoms with Crippen LogP contribution in [0.25, 0.3) is 0 Å². The van der Waals surface area contributed by atoms with Crippen LogP contribution in [0.15, 0.2) is 11.1 Å². The van der Waals surface area contributed by atoms with E-state index in [-0.39, 0.29) is 5.56 Å². The molecule has 1 atom stereocenters. The average molecular weight is 236 g/mol. The molecule has 0 amide bonds. The van der Waals surface area contributed by atoms with E-state index >= 15 is 0 Å². The summed E-state index contributed by atoms with van der Waals surface area (Å²) in [4.78, 5) is 15.3. The van der Waals surface area contributed by atoms with Crippen molar-refractivity contribution in [3.05, 3.63) is 27.9 Å². The van der Waals surface area contributed by atoms with E-state index in [0.717, 1.165) is 10.9 Å². The molecule has 0 saturated carbocycles. The Hall–Kier alpha value is -1.37. The summed E-state index contributed by atoms with van der Waals surface area (Å²) in [7, 11) is 0. The first-order valence-electron chi connectivity index (χ1n) is 4.51. The number of aromatic nitrogens is 2. The smallest absolute Gasteiger partial charge is 0.382 e. The van der Waals surface area contributed by atoms with E-state index < -0.39 is 24.4 Å². The summed E-state index contributed by atoms with van der Waals surface area (Å²) < 4.78 is 36.9. The van der Waals surface area contributed by atoms with Gasteiger partial charge in [-0.05, 0) is 13.8 Å². The van der Waals surface area contributed by atoms with Gasteiger partial charge >= 0.3 is 6.18 Å². The summed E-state index contributed by atoms with van der Waals surface area (Å²) in [6.45, 7) is 2.22. The van der Waals surface area contributed by atoms with Crippen LogP contribution in [-0.4, -0.2) is 26.9 Å². The molecule has 0 aromatic carbocycles. The number of aliphatic hydroxyl groups is 1.